The maximum absolute atomic E-state index is 11.7. The first kappa shape index (κ1) is 17.0. The predicted molar refractivity (Wildman–Crippen MR) is 90.0 cm³/mol. The smallest absolute Gasteiger partial charge is 0.329 e. The third kappa shape index (κ3) is 4.57. The Bertz CT molecular complexity index is 770. The highest BCUT2D eigenvalue weighted by Gasteiger charge is 2.12. The number of hydrogen-bond donors (Lipinski definition) is 4. The molecule has 0 unspecified atom stereocenters. The Hall–Kier alpha value is -3.35. The van der Waals surface area contributed by atoms with E-state index >= 15 is 0 Å². The van der Waals surface area contributed by atoms with Crippen molar-refractivity contribution in [3.05, 3.63) is 53.6 Å². The summed E-state index contributed by atoms with van der Waals surface area (Å²) in [5.41, 5.74) is 3.97. The van der Waals surface area contributed by atoms with Crippen molar-refractivity contribution >= 4 is 23.7 Å². The monoisotopic (exact) mass is 327 g/mol. The Morgan fingerprint density at radius 1 is 1.08 bits per heavy atom. The standard InChI is InChI=1S/C17H17N3O4/c1-2-11-3-6-13(7-4-11)19-16(23)17(24)20-18-10-12-5-8-14(21)9-15(12)22/h3-10,21-22H,2H2,1H3,(H,19,23)(H,20,24)/b18-10-. The number of aromatic hydroxyl groups is 2. The van der Waals surface area contributed by atoms with Crippen LogP contribution in [0.3, 0.4) is 0 Å². The first-order chi connectivity index (χ1) is 11.5. The van der Waals surface area contributed by atoms with Crippen LogP contribution in [-0.2, 0) is 16.0 Å². The van der Waals surface area contributed by atoms with Gasteiger partial charge in [-0.25, -0.2) is 5.43 Å². The SMILES string of the molecule is CCc1ccc(NC(=O)C(=O)N/N=C\c2ccc(O)cc2O)cc1. The number of amides is 2. The minimum Gasteiger partial charge on any atom is -0.508 e. The van der Waals surface area contributed by atoms with E-state index in [9.17, 15) is 14.7 Å². The highest BCUT2D eigenvalue weighted by Crippen LogP contribution is 2.20. The van der Waals surface area contributed by atoms with Crippen molar-refractivity contribution in [3.63, 3.8) is 0 Å². The third-order valence-corrected chi connectivity index (χ3v) is 3.21. The predicted octanol–water partition coefficient (Wildman–Crippen LogP) is 1.75. The van der Waals surface area contributed by atoms with Crippen LogP contribution in [0.2, 0.25) is 0 Å². The molecule has 0 atom stereocenters. The molecule has 0 spiro atoms. The van der Waals surface area contributed by atoms with Crippen molar-refractivity contribution in [2.75, 3.05) is 5.32 Å². The van der Waals surface area contributed by atoms with Gasteiger partial charge in [-0.3, -0.25) is 9.59 Å². The van der Waals surface area contributed by atoms with Crippen LogP contribution >= 0.6 is 0 Å². The largest absolute Gasteiger partial charge is 0.508 e. The van der Waals surface area contributed by atoms with Gasteiger partial charge in [-0.05, 0) is 36.2 Å². The second kappa shape index (κ2) is 7.77. The van der Waals surface area contributed by atoms with E-state index in [4.69, 9.17) is 5.11 Å². The molecular formula is C17H17N3O4. The van der Waals surface area contributed by atoms with Gasteiger partial charge in [0.1, 0.15) is 11.5 Å². The Morgan fingerprint density at radius 3 is 2.42 bits per heavy atom. The van der Waals surface area contributed by atoms with Crippen LogP contribution in [0.1, 0.15) is 18.1 Å². The summed E-state index contributed by atoms with van der Waals surface area (Å²) in [6.45, 7) is 2.02. The van der Waals surface area contributed by atoms with Gasteiger partial charge in [0, 0.05) is 17.3 Å². The van der Waals surface area contributed by atoms with Gasteiger partial charge in [-0.2, -0.15) is 5.10 Å². The van der Waals surface area contributed by atoms with Gasteiger partial charge in [0.15, 0.2) is 0 Å². The number of nitrogens with one attached hydrogen (secondary N) is 2. The highest BCUT2D eigenvalue weighted by atomic mass is 16.3. The number of phenolic OH excluding ortho intramolecular Hbond substituents is 2. The maximum Gasteiger partial charge on any atom is 0.329 e. The summed E-state index contributed by atoms with van der Waals surface area (Å²) < 4.78 is 0. The van der Waals surface area contributed by atoms with E-state index in [-0.39, 0.29) is 17.1 Å². The van der Waals surface area contributed by atoms with Crippen molar-refractivity contribution in [2.24, 2.45) is 5.10 Å². The van der Waals surface area contributed by atoms with Gasteiger partial charge >= 0.3 is 11.8 Å². The fourth-order valence-corrected chi connectivity index (χ4v) is 1.86. The first-order valence-electron chi connectivity index (χ1n) is 7.25. The van der Waals surface area contributed by atoms with Gasteiger partial charge in [0.25, 0.3) is 0 Å². The molecule has 0 aliphatic carbocycles. The summed E-state index contributed by atoms with van der Waals surface area (Å²) in [5.74, 6) is -2.09. The number of aryl methyl sites for hydroxylation is 1. The van der Waals surface area contributed by atoms with Crippen molar-refractivity contribution < 1.29 is 19.8 Å². The summed E-state index contributed by atoms with van der Waals surface area (Å²) in [4.78, 5) is 23.4. The molecule has 4 N–H and O–H groups in total. The van der Waals surface area contributed by atoms with Gasteiger partial charge < -0.3 is 15.5 Å². The number of rotatable bonds is 4. The zero-order valence-electron chi connectivity index (χ0n) is 13.0. The third-order valence-electron chi connectivity index (χ3n) is 3.21. The second-order valence-corrected chi connectivity index (χ2v) is 4.95. The molecule has 0 bridgehead atoms. The number of carbonyl (C=O) groups excluding carboxylic acids is 2. The molecule has 2 rings (SSSR count). The second-order valence-electron chi connectivity index (χ2n) is 4.95. The first-order valence-corrected chi connectivity index (χ1v) is 7.25. The van der Waals surface area contributed by atoms with Gasteiger partial charge in [0.05, 0.1) is 6.21 Å². The Kier molecular flexibility index (Phi) is 5.51. The van der Waals surface area contributed by atoms with Crippen LogP contribution in [0, 0.1) is 0 Å². The Morgan fingerprint density at radius 2 is 1.79 bits per heavy atom. The summed E-state index contributed by atoms with van der Waals surface area (Å²) in [5, 5.41) is 24.8. The van der Waals surface area contributed by atoms with Gasteiger partial charge in [-0.1, -0.05) is 19.1 Å². The fraction of sp³-hybridized carbons (Fsp3) is 0.118. The Labute approximate surface area is 138 Å². The van der Waals surface area contributed by atoms with Crippen LogP contribution in [0.25, 0.3) is 0 Å². The average molecular weight is 327 g/mol. The lowest BCUT2D eigenvalue weighted by atomic mass is 10.1. The topological polar surface area (TPSA) is 111 Å². The molecule has 0 fully saturated rings. The van der Waals surface area contributed by atoms with Crippen molar-refractivity contribution in [1.29, 1.82) is 0 Å². The van der Waals surface area contributed by atoms with Crippen molar-refractivity contribution in [1.82, 2.24) is 5.43 Å². The molecule has 0 radical (unpaired) electrons. The summed E-state index contributed by atoms with van der Waals surface area (Å²) >= 11 is 0. The molecule has 2 aromatic rings. The van der Waals surface area contributed by atoms with E-state index < -0.39 is 11.8 Å². The number of anilines is 1. The lowest BCUT2D eigenvalue weighted by Crippen LogP contribution is -2.32. The fourth-order valence-electron chi connectivity index (χ4n) is 1.86. The number of carbonyl (C=O) groups is 2. The molecule has 0 aliphatic rings. The molecule has 7 nitrogen and oxygen atoms in total. The number of benzene rings is 2. The number of hydrazone groups is 1. The average Bonchev–Trinajstić information content (AvgIpc) is 2.57. The molecule has 2 aromatic carbocycles. The van der Waals surface area contributed by atoms with Crippen LogP contribution in [0.4, 0.5) is 5.69 Å². The highest BCUT2D eigenvalue weighted by molar-refractivity contribution is 6.39. The molecule has 0 heterocycles. The van der Waals surface area contributed by atoms with E-state index in [1.54, 1.807) is 12.1 Å². The van der Waals surface area contributed by atoms with E-state index in [2.05, 4.69) is 15.8 Å². The summed E-state index contributed by atoms with van der Waals surface area (Å²) in [6, 6.07) is 11.0. The van der Waals surface area contributed by atoms with Crippen LogP contribution in [0.15, 0.2) is 47.6 Å². The number of hydrogen-bond acceptors (Lipinski definition) is 5. The van der Waals surface area contributed by atoms with Crippen LogP contribution < -0.4 is 10.7 Å². The normalized spacial score (nSPS) is 10.5. The number of phenols is 2. The molecule has 24 heavy (non-hydrogen) atoms. The van der Waals surface area contributed by atoms with Crippen LogP contribution in [0.5, 0.6) is 11.5 Å². The molecule has 124 valence electrons. The van der Waals surface area contributed by atoms with Crippen molar-refractivity contribution in [2.45, 2.75) is 13.3 Å². The van der Waals surface area contributed by atoms with E-state index in [0.29, 0.717) is 5.69 Å². The molecule has 0 aliphatic heterocycles. The minimum atomic E-state index is -0.941. The molecule has 0 saturated carbocycles. The molecule has 0 saturated heterocycles. The molecular weight excluding hydrogens is 310 g/mol. The minimum absolute atomic E-state index is 0.0952. The van der Waals surface area contributed by atoms with Gasteiger partial charge in [-0.15, -0.1) is 0 Å². The van der Waals surface area contributed by atoms with E-state index in [1.807, 2.05) is 19.1 Å². The molecule has 2 amide bonds. The lowest BCUT2D eigenvalue weighted by Gasteiger charge is -2.05. The molecule has 7 heteroatoms. The van der Waals surface area contributed by atoms with Crippen LogP contribution in [-0.4, -0.2) is 28.2 Å². The quantitative estimate of drug-likeness (QED) is 0.389. The number of nitrogens with zero attached hydrogens (tertiary/aromatic N) is 1. The molecule has 0 aromatic heterocycles. The van der Waals surface area contributed by atoms with Crippen molar-refractivity contribution in [3.8, 4) is 11.5 Å². The van der Waals surface area contributed by atoms with Gasteiger partial charge in [0.2, 0.25) is 0 Å². The Balaban J connectivity index is 1.91. The van der Waals surface area contributed by atoms with E-state index in [1.165, 1.54) is 12.1 Å². The summed E-state index contributed by atoms with van der Waals surface area (Å²) in [7, 11) is 0. The zero-order chi connectivity index (χ0) is 17.5. The summed E-state index contributed by atoms with van der Waals surface area (Å²) in [6.07, 6.45) is 2.05. The lowest BCUT2D eigenvalue weighted by molar-refractivity contribution is -0.136. The maximum atomic E-state index is 11.7. The van der Waals surface area contributed by atoms with E-state index in [0.717, 1.165) is 24.3 Å². The zero-order valence-corrected chi connectivity index (χ0v) is 13.0.